The zero-order valence-electron chi connectivity index (χ0n) is 32.7. The molecular formula is C42H48ClN7O7. The molecule has 3 fully saturated rings. The van der Waals surface area contributed by atoms with Crippen molar-refractivity contribution in [3.63, 3.8) is 0 Å². The highest BCUT2D eigenvalue weighted by Gasteiger charge is 2.64. The number of nitrogens with one attached hydrogen (secondary N) is 2. The summed E-state index contributed by atoms with van der Waals surface area (Å²) in [6, 6.07) is 11.0. The second-order valence-corrected chi connectivity index (χ2v) is 17.1. The van der Waals surface area contributed by atoms with E-state index in [1.807, 2.05) is 10.9 Å². The van der Waals surface area contributed by atoms with Crippen LogP contribution in [0.25, 0.3) is 0 Å². The van der Waals surface area contributed by atoms with Crippen LogP contribution >= 0.6 is 11.6 Å². The highest BCUT2D eigenvalue weighted by atomic mass is 35.5. The number of nitriles is 1. The maximum Gasteiger partial charge on any atom is 0.262 e. The fraction of sp³-hybridized carbons (Fsp3) is 0.500. The molecule has 2 aromatic carbocycles. The molecule has 3 aliphatic heterocycles. The third-order valence-corrected chi connectivity index (χ3v) is 12.3. The first-order chi connectivity index (χ1) is 27.2. The molecule has 0 spiro atoms. The average Bonchev–Trinajstić information content (AvgIpc) is 3.77. The smallest absolute Gasteiger partial charge is 0.262 e. The summed E-state index contributed by atoms with van der Waals surface area (Å²) >= 11 is 6.24. The molecule has 57 heavy (non-hydrogen) atoms. The molecule has 14 nitrogen and oxygen atoms in total. The summed E-state index contributed by atoms with van der Waals surface area (Å²) in [6.45, 7) is 11.6. The maximum atomic E-state index is 13.5. The van der Waals surface area contributed by atoms with Crippen molar-refractivity contribution < 1.29 is 33.4 Å². The van der Waals surface area contributed by atoms with Gasteiger partial charge in [-0.3, -0.25) is 38.9 Å². The van der Waals surface area contributed by atoms with Crippen molar-refractivity contribution in [1.29, 1.82) is 5.26 Å². The number of likely N-dealkylation sites (tertiary alicyclic amines) is 1. The lowest BCUT2D eigenvalue weighted by atomic mass is 9.49. The number of unbranched alkanes of at least 4 members (excludes halogenated alkanes) is 2. The SMILES string of the molecule is CC1(C)C(NC(=O)c2cnn(C3CCN(CCCCCOc4ccc5c(c4)C(=O)N(C4CCC(=O)NC4=O)C5=O)CC3)c2)C(C)(C)C1Oc1ccc(C#N)c(Cl)c1. The fourth-order valence-corrected chi connectivity index (χ4v) is 9.43. The third-order valence-electron chi connectivity index (χ3n) is 12.0. The van der Waals surface area contributed by atoms with Crippen molar-refractivity contribution in [2.75, 3.05) is 26.2 Å². The Kier molecular flexibility index (Phi) is 11.2. The van der Waals surface area contributed by atoms with Gasteiger partial charge in [-0.1, -0.05) is 39.3 Å². The summed E-state index contributed by atoms with van der Waals surface area (Å²) < 4.78 is 14.2. The molecule has 15 heteroatoms. The Morgan fingerprint density at radius 3 is 2.39 bits per heavy atom. The van der Waals surface area contributed by atoms with Gasteiger partial charge in [0.2, 0.25) is 11.8 Å². The van der Waals surface area contributed by atoms with Crippen molar-refractivity contribution in [2.45, 2.75) is 96.9 Å². The van der Waals surface area contributed by atoms with Crippen molar-refractivity contribution in [3.8, 4) is 17.6 Å². The van der Waals surface area contributed by atoms with Gasteiger partial charge in [0, 0.05) is 48.6 Å². The predicted octanol–water partition coefficient (Wildman–Crippen LogP) is 5.31. The molecule has 1 aromatic heterocycles. The van der Waals surface area contributed by atoms with Crippen molar-refractivity contribution in [1.82, 2.24) is 30.2 Å². The summed E-state index contributed by atoms with van der Waals surface area (Å²) in [5.74, 6) is -1.22. The number of ether oxygens (including phenoxy) is 2. The average molecular weight is 798 g/mol. The van der Waals surface area contributed by atoms with Gasteiger partial charge in [-0.05, 0) is 75.4 Å². The van der Waals surface area contributed by atoms with Crippen LogP contribution in [-0.4, -0.2) is 93.5 Å². The standard InChI is InChI=1S/C42H48ClN7O7/c1-41(2)39(42(3,4)40(41)57-29-9-8-25(22-44)32(43)21-29)47-35(52)26-23-45-49(24-26)27-14-17-48(18-15-27)16-6-5-7-19-56-28-10-11-30-31(20-28)38(55)50(37(30)54)33-12-13-34(51)46-36(33)53/h8-11,20-21,23-24,27,33,39-40H,5-7,12-19H2,1-4H3,(H,47,52)(H,46,51,53). The molecule has 4 heterocycles. The number of benzene rings is 2. The Hall–Kier alpha value is -5.26. The molecule has 1 unspecified atom stereocenters. The number of aromatic nitrogens is 2. The van der Waals surface area contributed by atoms with Gasteiger partial charge in [-0.25, -0.2) is 0 Å². The second-order valence-electron chi connectivity index (χ2n) is 16.6. The molecule has 0 bridgehead atoms. The Morgan fingerprint density at radius 2 is 1.68 bits per heavy atom. The number of hydrogen-bond acceptors (Lipinski definition) is 10. The molecule has 1 saturated carbocycles. The number of hydrogen-bond donors (Lipinski definition) is 2. The van der Waals surface area contributed by atoms with Crippen LogP contribution < -0.4 is 20.1 Å². The molecule has 0 radical (unpaired) electrons. The predicted molar refractivity (Wildman–Crippen MR) is 209 cm³/mol. The highest BCUT2D eigenvalue weighted by molar-refractivity contribution is 6.31. The number of halogens is 1. The normalized spacial score (nSPS) is 23.0. The van der Waals surface area contributed by atoms with Gasteiger partial charge in [0.1, 0.15) is 29.7 Å². The largest absolute Gasteiger partial charge is 0.494 e. The first kappa shape index (κ1) is 40.0. The van der Waals surface area contributed by atoms with Crippen LogP contribution in [0.1, 0.15) is 115 Å². The first-order valence-electron chi connectivity index (χ1n) is 19.6. The fourth-order valence-electron chi connectivity index (χ4n) is 9.22. The van der Waals surface area contributed by atoms with Gasteiger partial charge >= 0.3 is 0 Å². The van der Waals surface area contributed by atoms with Crippen LogP contribution in [0.3, 0.4) is 0 Å². The van der Waals surface area contributed by atoms with Crippen molar-refractivity contribution in [2.24, 2.45) is 10.8 Å². The van der Waals surface area contributed by atoms with Gasteiger partial charge in [0.05, 0.1) is 46.1 Å². The van der Waals surface area contributed by atoms with Crippen LogP contribution in [0.5, 0.6) is 11.5 Å². The molecule has 1 aliphatic carbocycles. The molecule has 4 aliphatic rings. The van der Waals surface area contributed by atoms with Gasteiger partial charge in [0.25, 0.3) is 17.7 Å². The van der Waals surface area contributed by atoms with E-state index in [0.29, 0.717) is 34.3 Å². The van der Waals surface area contributed by atoms with E-state index in [9.17, 15) is 29.2 Å². The first-order valence-corrected chi connectivity index (χ1v) is 20.0. The zero-order chi connectivity index (χ0) is 40.6. The summed E-state index contributed by atoms with van der Waals surface area (Å²) in [6.07, 6.45) is 8.17. The van der Waals surface area contributed by atoms with Gasteiger partial charge in [-0.2, -0.15) is 10.4 Å². The van der Waals surface area contributed by atoms with E-state index in [0.717, 1.165) is 56.6 Å². The van der Waals surface area contributed by atoms with Crippen LogP contribution in [0.2, 0.25) is 5.02 Å². The summed E-state index contributed by atoms with van der Waals surface area (Å²) in [7, 11) is 0. The Balaban J connectivity index is 0.811. The molecular weight excluding hydrogens is 750 g/mol. The lowest BCUT2D eigenvalue weighted by Gasteiger charge is -2.63. The number of amides is 5. The summed E-state index contributed by atoms with van der Waals surface area (Å²) in [4.78, 5) is 66.7. The zero-order valence-corrected chi connectivity index (χ0v) is 33.4. The van der Waals surface area contributed by atoms with Crippen LogP contribution in [0.15, 0.2) is 48.8 Å². The molecule has 2 saturated heterocycles. The van der Waals surface area contributed by atoms with E-state index < -0.39 is 29.7 Å². The number of fused-ring (bicyclic) bond motifs is 1. The topological polar surface area (TPSA) is 176 Å². The molecule has 3 aromatic rings. The van der Waals surface area contributed by atoms with E-state index in [2.05, 4.69) is 54.4 Å². The molecule has 5 amide bonds. The van der Waals surface area contributed by atoms with Gasteiger partial charge in [0.15, 0.2) is 0 Å². The number of piperidine rings is 2. The second kappa shape index (κ2) is 15.9. The quantitative estimate of drug-likeness (QED) is 0.170. The third kappa shape index (κ3) is 7.87. The number of nitrogens with zero attached hydrogens (tertiary/aromatic N) is 5. The number of imide groups is 2. The lowest BCUT2D eigenvalue weighted by molar-refractivity contribution is -0.164. The Labute approximate surface area is 336 Å². The molecule has 1 atom stereocenters. The van der Waals surface area contributed by atoms with Gasteiger partial charge < -0.3 is 19.7 Å². The van der Waals surface area contributed by atoms with Crippen molar-refractivity contribution in [3.05, 3.63) is 76.1 Å². The van der Waals surface area contributed by atoms with E-state index >= 15 is 0 Å². The highest BCUT2D eigenvalue weighted by Crippen LogP contribution is 2.55. The molecule has 7 rings (SSSR count). The number of rotatable bonds is 13. The summed E-state index contributed by atoms with van der Waals surface area (Å²) in [5, 5.41) is 19.6. The van der Waals surface area contributed by atoms with E-state index in [-0.39, 0.29) is 58.9 Å². The Morgan fingerprint density at radius 1 is 0.965 bits per heavy atom. The Bertz CT molecular complexity index is 2120. The lowest BCUT2D eigenvalue weighted by Crippen LogP contribution is -2.74. The number of carbonyl (C=O) groups is 5. The van der Waals surface area contributed by atoms with Crippen LogP contribution in [0, 0.1) is 22.2 Å². The van der Waals surface area contributed by atoms with E-state index in [4.69, 9.17) is 21.1 Å². The minimum absolute atomic E-state index is 0.0726. The monoisotopic (exact) mass is 797 g/mol. The van der Waals surface area contributed by atoms with Crippen LogP contribution in [0.4, 0.5) is 0 Å². The molecule has 2 N–H and O–H groups in total. The minimum Gasteiger partial charge on any atom is -0.494 e. The van der Waals surface area contributed by atoms with E-state index in [1.165, 1.54) is 0 Å². The molecule has 300 valence electrons. The minimum atomic E-state index is -0.999. The van der Waals surface area contributed by atoms with Crippen LogP contribution in [-0.2, 0) is 9.59 Å². The summed E-state index contributed by atoms with van der Waals surface area (Å²) in [5.41, 5.74) is 0.619. The van der Waals surface area contributed by atoms with Gasteiger partial charge in [-0.15, -0.1) is 0 Å². The number of carbonyl (C=O) groups excluding carboxylic acids is 5. The van der Waals surface area contributed by atoms with Crippen molar-refractivity contribution >= 4 is 41.1 Å². The van der Waals surface area contributed by atoms with E-state index in [1.54, 1.807) is 42.6 Å². The maximum absolute atomic E-state index is 13.5.